The number of rotatable bonds is 4. The van der Waals surface area contributed by atoms with Crippen molar-refractivity contribution in [3.05, 3.63) is 92.7 Å². The first-order valence-corrected chi connectivity index (χ1v) is 12.9. The second kappa shape index (κ2) is 12.1. The predicted molar refractivity (Wildman–Crippen MR) is 136 cm³/mol. The van der Waals surface area contributed by atoms with Crippen LogP contribution in [0.25, 0.3) is 12.2 Å². The molecule has 2 aromatic carbocycles. The highest BCUT2D eigenvalue weighted by Gasteiger charge is 2.17. The third kappa shape index (κ3) is 7.78. The zero-order valence-corrected chi connectivity index (χ0v) is 21.4. The van der Waals surface area contributed by atoms with Crippen LogP contribution in [0.15, 0.2) is 65.8 Å². The molecular formula is C24H24Cl3N2O4S+. The maximum atomic E-state index is 10.7. The van der Waals surface area contributed by atoms with Crippen LogP contribution in [-0.4, -0.2) is 32.7 Å². The second-order valence-electron chi connectivity index (χ2n) is 7.53. The molecule has 2 heterocycles. The second-order valence-corrected chi connectivity index (χ2v) is 10.1. The maximum absolute atomic E-state index is 10.7. The van der Waals surface area contributed by atoms with Gasteiger partial charge < -0.3 is 10.1 Å². The molecule has 34 heavy (non-hydrogen) atoms. The van der Waals surface area contributed by atoms with Gasteiger partial charge in [-0.3, -0.25) is 4.55 Å². The lowest BCUT2D eigenvalue weighted by molar-refractivity contribution is -0.671. The summed E-state index contributed by atoms with van der Waals surface area (Å²) in [4.78, 5) is -0.455. The number of nitrogens with one attached hydrogen (secondary N) is 1. The van der Waals surface area contributed by atoms with Crippen LogP contribution in [-0.2, 0) is 21.9 Å². The molecule has 0 bridgehead atoms. The molecule has 1 unspecified atom stereocenters. The van der Waals surface area contributed by atoms with Crippen molar-refractivity contribution in [3.8, 4) is 0 Å². The van der Waals surface area contributed by atoms with E-state index in [4.69, 9.17) is 44.1 Å². The minimum absolute atomic E-state index is 0.0127. The van der Waals surface area contributed by atoms with Gasteiger partial charge in [0.15, 0.2) is 12.4 Å². The number of nitrogens with zero attached hydrogens (tertiary/aromatic N) is 1. The molecule has 0 aliphatic carbocycles. The van der Waals surface area contributed by atoms with Crippen LogP contribution in [0, 0.1) is 0 Å². The number of ether oxygens (including phenoxy) is 1. The topological polar surface area (TPSA) is 79.5 Å². The highest BCUT2D eigenvalue weighted by Crippen LogP contribution is 2.31. The largest absolute Gasteiger partial charge is 0.371 e. The zero-order valence-electron chi connectivity index (χ0n) is 18.3. The molecule has 0 radical (unpaired) electrons. The average molecular weight is 543 g/mol. The van der Waals surface area contributed by atoms with E-state index in [1.54, 1.807) is 0 Å². The SMILES string of the molecule is C[n+]1ccc(C=Cc2ccc(C3CNCCO3)cc2)cc1.O=S(=O)(O)c1cc(Cl)c(Cl)cc1Cl. The van der Waals surface area contributed by atoms with E-state index in [2.05, 4.69) is 66.3 Å². The van der Waals surface area contributed by atoms with Gasteiger partial charge in [-0.15, -0.1) is 0 Å². The molecule has 180 valence electrons. The molecule has 3 aromatic rings. The summed E-state index contributed by atoms with van der Waals surface area (Å²) < 4.78 is 37.8. The molecule has 1 aromatic heterocycles. The molecular weight excluding hydrogens is 519 g/mol. The summed E-state index contributed by atoms with van der Waals surface area (Å²) in [7, 11) is -2.33. The molecule has 0 saturated carbocycles. The van der Waals surface area contributed by atoms with Crippen LogP contribution in [0.1, 0.15) is 22.8 Å². The molecule has 1 atom stereocenters. The van der Waals surface area contributed by atoms with Crippen LogP contribution in [0.3, 0.4) is 0 Å². The normalized spacial score (nSPS) is 16.2. The van der Waals surface area contributed by atoms with Gasteiger partial charge in [-0.25, -0.2) is 4.57 Å². The van der Waals surface area contributed by atoms with Crippen LogP contribution < -0.4 is 9.88 Å². The Balaban J connectivity index is 0.000000215. The Kier molecular flexibility index (Phi) is 9.50. The highest BCUT2D eigenvalue weighted by atomic mass is 35.5. The molecule has 1 saturated heterocycles. The Morgan fingerprint density at radius 2 is 1.56 bits per heavy atom. The van der Waals surface area contributed by atoms with E-state index in [0.29, 0.717) is 0 Å². The Morgan fingerprint density at radius 3 is 2.12 bits per heavy atom. The van der Waals surface area contributed by atoms with Gasteiger partial charge in [-0.2, -0.15) is 8.42 Å². The third-order valence-electron chi connectivity index (χ3n) is 4.96. The average Bonchev–Trinajstić information content (AvgIpc) is 2.82. The summed E-state index contributed by atoms with van der Waals surface area (Å²) >= 11 is 16.6. The van der Waals surface area contributed by atoms with E-state index in [9.17, 15) is 8.42 Å². The lowest BCUT2D eigenvalue weighted by Crippen LogP contribution is -2.33. The summed E-state index contributed by atoms with van der Waals surface area (Å²) in [6.45, 7) is 2.64. The number of aryl methyl sites for hydroxylation is 1. The van der Waals surface area contributed by atoms with Crippen molar-refractivity contribution in [2.75, 3.05) is 19.7 Å². The molecule has 2 N–H and O–H groups in total. The number of aromatic nitrogens is 1. The van der Waals surface area contributed by atoms with Crippen LogP contribution in [0.2, 0.25) is 15.1 Å². The zero-order chi connectivity index (χ0) is 24.7. The van der Waals surface area contributed by atoms with Gasteiger partial charge in [0.25, 0.3) is 10.1 Å². The van der Waals surface area contributed by atoms with Crippen molar-refractivity contribution in [2.45, 2.75) is 11.0 Å². The first kappa shape index (κ1) is 26.6. The first-order valence-electron chi connectivity index (χ1n) is 10.3. The smallest absolute Gasteiger partial charge is 0.296 e. The number of hydrogen-bond donors (Lipinski definition) is 2. The number of pyridine rings is 1. The fraction of sp³-hybridized carbons (Fsp3) is 0.208. The fourth-order valence-corrected chi connectivity index (χ4v) is 4.60. The van der Waals surface area contributed by atoms with Gasteiger partial charge in [0.05, 0.1) is 27.8 Å². The van der Waals surface area contributed by atoms with Crippen molar-refractivity contribution in [1.29, 1.82) is 0 Å². The molecule has 6 nitrogen and oxygen atoms in total. The van der Waals surface area contributed by atoms with Gasteiger partial charge >= 0.3 is 0 Å². The summed E-state index contributed by atoms with van der Waals surface area (Å²) in [5.74, 6) is 0. The fourth-order valence-electron chi connectivity index (χ4n) is 3.12. The van der Waals surface area contributed by atoms with Crippen molar-refractivity contribution >= 4 is 57.1 Å². The van der Waals surface area contributed by atoms with Crippen LogP contribution in [0.5, 0.6) is 0 Å². The summed E-state index contributed by atoms with van der Waals surface area (Å²) in [6, 6.07) is 14.9. The summed E-state index contributed by atoms with van der Waals surface area (Å²) in [5.41, 5.74) is 3.65. The molecule has 0 amide bonds. The summed E-state index contributed by atoms with van der Waals surface area (Å²) in [6.07, 6.45) is 8.56. The summed E-state index contributed by atoms with van der Waals surface area (Å²) in [5, 5.41) is 3.33. The minimum atomic E-state index is -4.35. The maximum Gasteiger partial charge on any atom is 0.296 e. The Labute approximate surface area is 214 Å². The van der Waals surface area contributed by atoms with Crippen molar-refractivity contribution in [1.82, 2.24) is 5.32 Å². The van der Waals surface area contributed by atoms with Gasteiger partial charge in [0.1, 0.15) is 11.9 Å². The lowest BCUT2D eigenvalue weighted by atomic mass is 10.1. The standard InChI is InChI=1S/C18H21N2O.C6H3Cl3O3S/c1-20-11-8-16(9-12-20)3-2-15-4-6-17(7-5-15)18-14-19-10-13-21-18;7-3-1-5(9)6(2-4(3)8)13(10,11)12/h2-9,11-12,18-19H,10,13-14H2,1H3;1-2H,(H,10,11,12)/q+1;. The van der Waals surface area contributed by atoms with E-state index in [1.165, 1.54) is 16.7 Å². The number of morpholine rings is 1. The molecule has 0 spiro atoms. The molecule has 1 aliphatic rings. The number of benzene rings is 2. The quantitative estimate of drug-likeness (QED) is 0.268. The van der Waals surface area contributed by atoms with Crippen LogP contribution in [0.4, 0.5) is 0 Å². The van der Waals surface area contributed by atoms with E-state index < -0.39 is 15.0 Å². The Bertz CT molecular complexity index is 1240. The molecule has 1 aliphatic heterocycles. The first-order chi connectivity index (χ1) is 16.1. The monoisotopic (exact) mass is 541 g/mol. The van der Waals surface area contributed by atoms with Gasteiger partial charge in [0.2, 0.25) is 0 Å². The van der Waals surface area contributed by atoms with Crippen molar-refractivity contribution in [2.24, 2.45) is 7.05 Å². The number of hydrogen-bond acceptors (Lipinski definition) is 4. The van der Waals surface area contributed by atoms with E-state index in [1.807, 2.05) is 11.6 Å². The predicted octanol–water partition coefficient (Wildman–Crippen LogP) is 5.24. The lowest BCUT2D eigenvalue weighted by Gasteiger charge is -2.23. The Hall–Kier alpha value is -1.97. The van der Waals surface area contributed by atoms with E-state index in [0.717, 1.165) is 31.8 Å². The Morgan fingerprint density at radius 1 is 0.971 bits per heavy atom. The van der Waals surface area contributed by atoms with Crippen molar-refractivity contribution in [3.63, 3.8) is 0 Å². The van der Waals surface area contributed by atoms with E-state index in [-0.39, 0.29) is 21.2 Å². The molecule has 1 fully saturated rings. The third-order valence-corrected chi connectivity index (χ3v) is 7.00. The number of halogens is 3. The van der Waals surface area contributed by atoms with Gasteiger partial charge in [-0.1, -0.05) is 71.2 Å². The van der Waals surface area contributed by atoms with Crippen molar-refractivity contribution < 1.29 is 22.3 Å². The van der Waals surface area contributed by atoms with Crippen LogP contribution >= 0.6 is 34.8 Å². The van der Waals surface area contributed by atoms with E-state index >= 15 is 0 Å². The molecule has 4 rings (SSSR count). The van der Waals surface area contributed by atoms with Gasteiger partial charge in [-0.05, 0) is 28.8 Å². The molecule has 10 heteroatoms. The highest BCUT2D eigenvalue weighted by molar-refractivity contribution is 7.86. The minimum Gasteiger partial charge on any atom is -0.371 e. The van der Waals surface area contributed by atoms with Gasteiger partial charge in [0, 0.05) is 25.2 Å².